The zero-order valence-corrected chi connectivity index (χ0v) is 68.7. The number of nitrogens with two attached hydrogens (primary N) is 3. The van der Waals surface area contributed by atoms with Crippen molar-refractivity contribution in [2.24, 2.45) is 58.6 Å². The number of carboxylic acids is 2. The number of aliphatic carboxylic acids is 2. The van der Waals surface area contributed by atoms with Crippen LogP contribution in [0.1, 0.15) is 180 Å². The van der Waals surface area contributed by atoms with E-state index in [1.807, 2.05) is 13.8 Å². The van der Waals surface area contributed by atoms with E-state index in [1.54, 1.807) is 113 Å². The van der Waals surface area contributed by atoms with Crippen LogP contribution in [0.15, 0.2) is 30.3 Å². The molecule has 1 aromatic rings. The molecule has 0 heterocycles. The molecule has 24 N–H and O–H groups in total. The molecule has 0 saturated carbocycles. The van der Waals surface area contributed by atoms with Gasteiger partial charge in [-0.15, -0.1) is 0 Å². The maximum atomic E-state index is 14.6. The van der Waals surface area contributed by atoms with Crippen LogP contribution in [0.3, 0.4) is 0 Å². The summed E-state index contributed by atoms with van der Waals surface area (Å²) in [5.74, 6) is -18.9. The van der Waals surface area contributed by atoms with Crippen LogP contribution in [0.4, 0.5) is 0 Å². The predicted molar refractivity (Wildman–Crippen MR) is 421 cm³/mol. The number of aliphatic hydroxyl groups excluding tert-OH is 1. The first kappa shape index (κ1) is 102. The van der Waals surface area contributed by atoms with Gasteiger partial charge in [-0.1, -0.05) is 134 Å². The van der Waals surface area contributed by atoms with E-state index in [9.17, 15) is 96.8 Å². The Kier molecular flexibility index (Phi) is 47.6. The molecule has 644 valence electrons. The van der Waals surface area contributed by atoms with E-state index >= 15 is 0 Å². The SMILES string of the molecule is CC[C@H](C)[C@H](NC(=O)[C@H](CC(=O)O)NC(=O)[C@H](CC(C)C)NC(=O)[C@H](CC(C)C)NC(=O)CN)C(=O)N[C@H](C(=O)N[C@@H](CCCCN)C(=O)N[C@@H](CCCCN)C(=O)N[C@H](C(=O)N[C@H](C(=O)NCC(=O)N[C@@H](C)C(=O)N[C@@H](Cc1ccccc1)C(=O)NCC(=O)N[C@@H](CO)C(=O)N[C@@H](CC(C)C)C(=O)O)C(C)C)C(C)C)C(C)C. The van der Waals surface area contributed by atoms with Gasteiger partial charge in [0.2, 0.25) is 88.6 Å². The zero-order chi connectivity index (χ0) is 86.8. The van der Waals surface area contributed by atoms with E-state index in [0.29, 0.717) is 24.8 Å². The minimum absolute atomic E-state index is 0.0148. The zero-order valence-electron chi connectivity index (χ0n) is 68.7. The summed E-state index contributed by atoms with van der Waals surface area (Å²) in [5, 5.41) is 67.2. The monoisotopic (exact) mass is 1610 g/mol. The molecule has 0 aliphatic heterocycles. The van der Waals surface area contributed by atoms with E-state index < -0.39 is 235 Å². The number of carbonyl (C=O) groups excluding carboxylic acids is 15. The number of carboxylic acid groups (broad SMARTS) is 2. The third-order valence-electron chi connectivity index (χ3n) is 18.3. The average molecular weight is 1620 g/mol. The molecule has 1 aromatic carbocycles. The van der Waals surface area contributed by atoms with Crippen molar-refractivity contribution in [1.29, 1.82) is 0 Å². The largest absolute Gasteiger partial charge is 0.481 e. The van der Waals surface area contributed by atoms with Gasteiger partial charge < -0.3 is 112 Å². The standard InChI is InChI=1S/C76H130N18O20/c1-16-45(14)63(94-70(107)53(34-59(99)100)89-69(106)51(31-40(4)5)88-68(105)50(30-39(2)3)83-56(96)35-79)75(112)93-61(43(10)11)73(110)86-48(26-20-22-28-77)66(103)85-49(27-21-23-29-78)67(104)91-62(44(12)13)74(111)92-60(42(8)9)72(109)81-36-57(97)82-46(15)64(101)87-52(33-47-24-18-17-19-25-47)65(102)80-37-58(98)84-55(38-95)71(108)90-54(76(113)114)32-41(6)7/h17-19,24-25,39-46,48-55,60-63,95H,16,20-23,26-38,77-79H2,1-15H3,(H,80,102)(H,81,109)(H,82,97)(H,83,96)(H,84,98)(H,85,103)(H,86,110)(H,87,101)(H,88,105)(H,89,106)(H,90,108)(H,91,104)(H,92,111)(H,93,112)(H,94,107)(H,99,100)(H,113,114)/t45-,46-,48-,49-,50-,51-,52-,53-,54-,55-,60-,61-,62-,63-/m0/s1. The van der Waals surface area contributed by atoms with Crippen molar-refractivity contribution in [2.75, 3.05) is 39.3 Å². The summed E-state index contributed by atoms with van der Waals surface area (Å²) in [7, 11) is 0. The Bertz CT molecular complexity index is 3340. The highest BCUT2D eigenvalue weighted by Gasteiger charge is 2.40. The second-order valence-electron chi connectivity index (χ2n) is 30.9. The number of benzene rings is 1. The smallest absolute Gasteiger partial charge is 0.326 e. The van der Waals surface area contributed by atoms with Crippen molar-refractivity contribution in [2.45, 2.75) is 259 Å². The maximum Gasteiger partial charge on any atom is 0.326 e. The van der Waals surface area contributed by atoms with Gasteiger partial charge in [-0.25, -0.2) is 4.79 Å². The quantitative estimate of drug-likeness (QED) is 0.0284. The fraction of sp³-hybridized carbons (Fsp3) is 0.697. The van der Waals surface area contributed by atoms with Crippen LogP contribution >= 0.6 is 0 Å². The van der Waals surface area contributed by atoms with Crippen LogP contribution in [-0.2, 0) is 87.9 Å². The average Bonchev–Trinajstić information content (AvgIpc) is 0.848. The molecule has 0 unspecified atom stereocenters. The molecule has 0 fully saturated rings. The summed E-state index contributed by atoms with van der Waals surface area (Å²) >= 11 is 0. The van der Waals surface area contributed by atoms with Crippen molar-refractivity contribution in [3.8, 4) is 0 Å². The lowest BCUT2D eigenvalue weighted by atomic mass is 9.95. The van der Waals surface area contributed by atoms with Gasteiger partial charge in [-0.2, -0.15) is 0 Å². The van der Waals surface area contributed by atoms with Gasteiger partial charge in [-0.3, -0.25) is 76.7 Å². The van der Waals surface area contributed by atoms with Crippen LogP contribution in [0, 0.1) is 41.4 Å². The van der Waals surface area contributed by atoms with E-state index in [-0.39, 0.29) is 82.2 Å². The molecule has 0 aliphatic carbocycles. The summed E-state index contributed by atoms with van der Waals surface area (Å²) in [4.78, 5) is 230. The van der Waals surface area contributed by atoms with Gasteiger partial charge >= 0.3 is 11.9 Å². The summed E-state index contributed by atoms with van der Waals surface area (Å²) in [6.45, 7) is 22.5. The fourth-order valence-corrected chi connectivity index (χ4v) is 11.6. The lowest BCUT2D eigenvalue weighted by Crippen LogP contribution is -2.62. The topological polar surface area (TPSA) is 609 Å². The maximum absolute atomic E-state index is 14.6. The molecular weight excluding hydrogens is 1480 g/mol. The number of carbonyl (C=O) groups is 17. The van der Waals surface area contributed by atoms with E-state index in [0.717, 1.165) is 0 Å². The predicted octanol–water partition coefficient (Wildman–Crippen LogP) is -3.30. The van der Waals surface area contributed by atoms with Crippen molar-refractivity contribution in [1.82, 2.24) is 79.8 Å². The normalized spacial score (nSPS) is 15.0. The van der Waals surface area contributed by atoms with Crippen molar-refractivity contribution >= 4 is 101 Å². The summed E-state index contributed by atoms with van der Waals surface area (Å²) in [6.07, 6.45) is 0.791. The first-order valence-electron chi connectivity index (χ1n) is 39.1. The second kappa shape index (κ2) is 53.2. The number of amides is 15. The molecule has 38 heteroatoms. The number of unbranched alkanes of at least 4 members (excludes halogenated alkanes) is 2. The van der Waals surface area contributed by atoms with Gasteiger partial charge in [0.1, 0.15) is 78.5 Å². The highest BCUT2D eigenvalue weighted by molar-refractivity contribution is 6.01. The number of aliphatic hydroxyl groups is 1. The molecule has 14 atom stereocenters. The molecule has 0 spiro atoms. The Morgan fingerprint density at radius 2 is 0.719 bits per heavy atom. The lowest BCUT2D eigenvalue weighted by molar-refractivity contribution is -0.143. The molecule has 0 radical (unpaired) electrons. The molecule has 15 amide bonds. The highest BCUT2D eigenvalue weighted by atomic mass is 16.4. The lowest BCUT2D eigenvalue weighted by Gasteiger charge is -2.31. The minimum atomic E-state index is -1.80. The molecule has 114 heavy (non-hydrogen) atoms. The van der Waals surface area contributed by atoms with Gasteiger partial charge in [0.25, 0.3) is 0 Å². The molecule has 0 aromatic heterocycles. The Labute approximate surface area is 667 Å². The van der Waals surface area contributed by atoms with Gasteiger partial charge in [0.15, 0.2) is 0 Å². The molecule has 38 nitrogen and oxygen atoms in total. The van der Waals surface area contributed by atoms with Crippen LogP contribution in [0.5, 0.6) is 0 Å². The molecule has 0 aliphatic rings. The Morgan fingerprint density at radius 1 is 0.360 bits per heavy atom. The Balaban J connectivity index is 3.40. The van der Waals surface area contributed by atoms with Gasteiger partial charge in [-0.05, 0) is 125 Å². The second-order valence-corrected chi connectivity index (χ2v) is 30.9. The summed E-state index contributed by atoms with van der Waals surface area (Å²) in [6, 6.07) is -9.64. The fourth-order valence-electron chi connectivity index (χ4n) is 11.6. The van der Waals surface area contributed by atoms with Crippen LogP contribution in [0.25, 0.3) is 0 Å². The Morgan fingerprint density at radius 3 is 1.18 bits per heavy atom. The van der Waals surface area contributed by atoms with Crippen LogP contribution in [-0.4, -0.2) is 234 Å². The highest BCUT2D eigenvalue weighted by Crippen LogP contribution is 2.17. The van der Waals surface area contributed by atoms with Crippen LogP contribution < -0.4 is 97.0 Å². The van der Waals surface area contributed by atoms with Gasteiger partial charge in [0.05, 0.1) is 32.7 Å². The van der Waals surface area contributed by atoms with Crippen molar-refractivity contribution < 1.29 is 96.8 Å². The first-order valence-corrected chi connectivity index (χ1v) is 39.1. The minimum Gasteiger partial charge on any atom is -0.481 e. The molecule has 0 bridgehead atoms. The Hall–Kier alpha value is -9.95. The number of nitrogens with one attached hydrogen (secondary N) is 15. The van der Waals surface area contributed by atoms with Crippen LogP contribution in [0.2, 0.25) is 0 Å². The van der Waals surface area contributed by atoms with E-state index in [1.165, 1.54) is 6.92 Å². The van der Waals surface area contributed by atoms with Crippen molar-refractivity contribution in [3.05, 3.63) is 35.9 Å². The number of hydrogen-bond acceptors (Lipinski definition) is 21. The summed E-state index contributed by atoms with van der Waals surface area (Å²) < 4.78 is 0. The van der Waals surface area contributed by atoms with E-state index in [4.69, 9.17) is 17.2 Å². The first-order chi connectivity index (χ1) is 53.4. The number of rotatable bonds is 55. The number of hydrogen-bond donors (Lipinski definition) is 21. The molecule has 1 rings (SSSR count). The molecular formula is C76H130N18O20. The van der Waals surface area contributed by atoms with E-state index in [2.05, 4.69) is 79.8 Å². The summed E-state index contributed by atoms with van der Waals surface area (Å²) in [5.41, 5.74) is 17.7. The molecule has 0 saturated heterocycles. The van der Waals surface area contributed by atoms with Crippen molar-refractivity contribution in [3.63, 3.8) is 0 Å². The van der Waals surface area contributed by atoms with Gasteiger partial charge in [0, 0.05) is 6.42 Å². The third kappa shape index (κ3) is 38.7. The third-order valence-corrected chi connectivity index (χ3v) is 18.3.